The van der Waals surface area contributed by atoms with Crippen molar-refractivity contribution in [1.82, 2.24) is 4.98 Å². The number of para-hydroxylation sites is 1. The highest BCUT2D eigenvalue weighted by Gasteiger charge is 2.14. The zero-order chi connectivity index (χ0) is 12.3. The average molecular weight is 221 g/mol. The predicted octanol–water partition coefficient (Wildman–Crippen LogP) is 3.95. The van der Waals surface area contributed by atoms with Crippen molar-refractivity contribution in [3.63, 3.8) is 0 Å². The molecule has 0 unspecified atom stereocenters. The number of fused-ring (bicyclic) bond motifs is 1. The molecule has 2 nitrogen and oxygen atoms in total. The van der Waals surface area contributed by atoms with Gasteiger partial charge in [0, 0.05) is 10.4 Å². The van der Waals surface area contributed by atoms with E-state index in [1.807, 2.05) is 43.3 Å². The molecule has 1 aromatic carbocycles. The molecule has 2 aromatic rings. The summed E-state index contributed by atoms with van der Waals surface area (Å²) < 4.78 is 0. The van der Waals surface area contributed by atoms with Crippen molar-refractivity contribution >= 4 is 29.5 Å². The van der Waals surface area contributed by atoms with Gasteiger partial charge in [-0.3, -0.25) is 0 Å². The summed E-state index contributed by atoms with van der Waals surface area (Å²) >= 11 is 0. The van der Waals surface area contributed by atoms with E-state index in [1.54, 1.807) is 6.08 Å². The van der Waals surface area contributed by atoms with E-state index < -0.39 is 0 Å². The molecule has 1 heterocycles. The average Bonchev–Trinajstić information content (AvgIpc) is 2.37. The fourth-order valence-corrected chi connectivity index (χ4v) is 1.84. The third-order valence-corrected chi connectivity index (χ3v) is 2.70. The molecular weight excluding hydrogens is 208 g/mol. The van der Waals surface area contributed by atoms with E-state index >= 15 is 0 Å². The van der Waals surface area contributed by atoms with Crippen LogP contribution < -0.4 is 0 Å². The second-order valence-corrected chi connectivity index (χ2v) is 3.72. The van der Waals surface area contributed by atoms with Gasteiger partial charge in [0.1, 0.15) is 5.56 Å². The van der Waals surface area contributed by atoms with Crippen LogP contribution in [0, 0.1) is 6.92 Å². The molecule has 0 bridgehead atoms. The highest BCUT2D eigenvalue weighted by Crippen LogP contribution is 2.28. The van der Waals surface area contributed by atoms with Gasteiger partial charge in [0.25, 0.3) is 0 Å². The van der Waals surface area contributed by atoms with E-state index in [-0.39, 0.29) is 0 Å². The zero-order valence-electron chi connectivity index (χ0n) is 9.72. The topological polar surface area (TPSA) is 25.2 Å². The molecule has 0 amide bonds. The molecule has 0 aliphatic rings. The van der Waals surface area contributed by atoms with Gasteiger partial charge in [0.2, 0.25) is 0 Å². The molecule has 0 spiro atoms. The Balaban J connectivity index is 2.80. The number of hydrogen-bond acceptors (Lipinski definition) is 2. The number of pyridine rings is 1. The van der Waals surface area contributed by atoms with Crippen LogP contribution in [0.5, 0.6) is 0 Å². The summed E-state index contributed by atoms with van der Waals surface area (Å²) in [5, 5.41) is 1.11. The predicted molar refractivity (Wildman–Crippen MR) is 73.9 cm³/mol. The highest BCUT2D eigenvalue weighted by molar-refractivity contribution is 5.88. The van der Waals surface area contributed by atoms with Crippen LogP contribution in [-0.2, 0) is 0 Å². The normalized spacial score (nSPS) is 10.8. The summed E-state index contributed by atoms with van der Waals surface area (Å²) in [5.41, 5.74) is 2.97. The molecule has 0 aliphatic heterocycles. The maximum absolute atomic E-state index is 5.39. The van der Waals surface area contributed by atoms with Crippen molar-refractivity contribution in [2.45, 2.75) is 6.92 Å². The quantitative estimate of drug-likeness (QED) is 0.437. The Labute approximate surface area is 101 Å². The summed E-state index contributed by atoms with van der Waals surface area (Å²) in [5.74, 6) is 0.555. The van der Waals surface area contributed by atoms with Gasteiger partial charge in [0.05, 0.1) is 5.52 Å². The Morgan fingerprint density at radius 3 is 2.82 bits per heavy atom. The van der Waals surface area contributed by atoms with Crippen molar-refractivity contribution < 1.29 is 0 Å². The van der Waals surface area contributed by atoms with Crippen LogP contribution >= 0.6 is 0 Å². The molecule has 0 fully saturated rings. The number of aromatic nitrogens is 1. The number of hydrogen-bond donors (Lipinski definition) is 0. The van der Waals surface area contributed by atoms with Crippen LogP contribution in [0.3, 0.4) is 0 Å². The van der Waals surface area contributed by atoms with Gasteiger partial charge in [0.15, 0.2) is 6.72 Å². The van der Waals surface area contributed by atoms with Crippen LogP contribution in [0.1, 0.15) is 11.1 Å². The number of aryl methyl sites for hydroxylation is 1. The molecule has 0 saturated carbocycles. The van der Waals surface area contributed by atoms with Gasteiger partial charge < -0.3 is 0 Å². The number of benzene rings is 1. The Bertz CT molecular complexity index is 610. The van der Waals surface area contributed by atoms with E-state index in [9.17, 15) is 0 Å². The van der Waals surface area contributed by atoms with Crippen LogP contribution in [-0.4, -0.2) is 11.7 Å². The first-order valence-electron chi connectivity index (χ1n) is 5.37. The molecule has 17 heavy (non-hydrogen) atoms. The largest absolute Gasteiger partial charge is 0.312 e. The summed E-state index contributed by atoms with van der Waals surface area (Å²) in [6.07, 6.45) is 5.50. The minimum Gasteiger partial charge on any atom is -0.131 e. The van der Waals surface area contributed by atoms with Gasteiger partial charge >= 0.3 is 5.82 Å². The monoisotopic (exact) mass is 221 g/mol. The molecule has 0 radical (unpaired) electrons. The molecule has 0 atom stereocenters. The van der Waals surface area contributed by atoms with Gasteiger partial charge in [-0.15, -0.1) is 4.98 Å². The summed E-state index contributed by atoms with van der Waals surface area (Å²) in [6, 6.07) is 7.95. The molecular formula is C15H13N2+. The first-order chi connectivity index (χ1) is 8.27. The zero-order valence-corrected chi connectivity index (χ0v) is 9.72. The Morgan fingerprint density at radius 2 is 2.12 bits per heavy atom. The van der Waals surface area contributed by atoms with Crippen LogP contribution in [0.15, 0.2) is 48.0 Å². The van der Waals surface area contributed by atoms with E-state index in [0.29, 0.717) is 5.82 Å². The third-order valence-electron chi connectivity index (χ3n) is 2.70. The van der Waals surface area contributed by atoms with E-state index in [2.05, 4.69) is 16.6 Å². The number of allylic oxidation sites excluding steroid dienone is 2. The van der Waals surface area contributed by atoms with Crippen molar-refractivity contribution in [1.29, 1.82) is 0 Å². The van der Waals surface area contributed by atoms with Crippen LogP contribution in [0.2, 0.25) is 0 Å². The maximum atomic E-state index is 5.39. The van der Waals surface area contributed by atoms with Crippen molar-refractivity contribution in [3.8, 4) is 0 Å². The number of nitrogens with zero attached hydrogens (tertiary/aromatic N) is 2. The lowest BCUT2D eigenvalue weighted by Gasteiger charge is -2.02. The molecule has 2 rings (SSSR count). The van der Waals surface area contributed by atoms with Gasteiger partial charge in [-0.05, 0) is 24.6 Å². The summed E-state index contributed by atoms with van der Waals surface area (Å²) in [7, 11) is 0. The first kappa shape index (κ1) is 11.2. The lowest BCUT2D eigenvalue weighted by molar-refractivity contribution is 1.30. The fraction of sp³-hybridized carbons (Fsp3) is 0.0667. The van der Waals surface area contributed by atoms with E-state index in [4.69, 9.17) is 6.72 Å². The molecule has 1 aromatic heterocycles. The van der Waals surface area contributed by atoms with Crippen molar-refractivity contribution in [2.24, 2.45) is 4.99 Å². The molecule has 0 aliphatic carbocycles. The minimum atomic E-state index is 0.555. The molecule has 0 N–H and O–H groups in total. The fourth-order valence-electron chi connectivity index (χ4n) is 1.84. The SMILES string of the molecule is [CH+]=Nc1nc2ccccc2c(C)c1/C=C\C=C. The van der Waals surface area contributed by atoms with Gasteiger partial charge in [-0.1, -0.05) is 36.9 Å². The number of rotatable bonds is 3. The standard InChI is InChI=1S/C15H13N2/c1-4-5-8-13-11(2)12-9-6-7-10-14(12)17-15(13)16-3/h3-10H,1H2,2H3/q+1/b8-5-. The second kappa shape index (κ2) is 4.69. The van der Waals surface area contributed by atoms with Crippen LogP contribution in [0.4, 0.5) is 5.82 Å². The number of aliphatic imine (C=N–C) groups is 1. The van der Waals surface area contributed by atoms with E-state index in [1.165, 1.54) is 0 Å². The van der Waals surface area contributed by atoms with Crippen LogP contribution in [0.25, 0.3) is 17.0 Å². The van der Waals surface area contributed by atoms with E-state index in [0.717, 1.165) is 22.0 Å². The second-order valence-electron chi connectivity index (χ2n) is 3.72. The smallest absolute Gasteiger partial charge is 0.131 e. The van der Waals surface area contributed by atoms with Gasteiger partial charge in [-0.25, -0.2) is 0 Å². The first-order valence-corrected chi connectivity index (χ1v) is 5.37. The third kappa shape index (κ3) is 1.99. The summed E-state index contributed by atoms with van der Waals surface area (Å²) in [6.45, 7) is 11.1. The molecule has 0 saturated heterocycles. The molecule has 82 valence electrons. The Kier molecular flexibility index (Phi) is 3.08. The minimum absolute atomic E-state index is 0.555. The summed E-state index contributed by atoms with van der Waals surface area (Å²) in [4.78, 5) is 8.17. The lowest BCUT2D eigenvalue weighted by Crippen LogP contribution is -1.89. The van der Waals surface area contributed by atoms with Crippen molar-refractivity contribution in [3.05, 3.63) is 54.1 Å². The Hall–Kier alpha value is -2.31. The Morgan fingerprint density at radius 1 is 1.35 bits per heavy atom. The molecule has 2 heteroatoms. The van der Waals surface area contributed by atoms with Crippen molar-refractivity contribution in [2.75, 3.05) is 0 Å². The lowest BCUT2D eigenvalue weighted by atomic mass is 10.0. The van der Waals surface area contributed by atoms with Gasteiger partial charge in [-0.2, -0.15) is 0 Å². The highest BCUT2D eigenvalue weighted by atomic mass is 14.9. The maximum Gasteiger partial charge on any atom is 0.312 e.